The van der Waals surface area contributed by atoms with Crippen LogP contribution in [0.15, 0.2) is 40.9 Å². The number of rotatable bonds is 2. The van der Waals surface area contributed by atoms with Crippen molar-refractivity contribution < 1.29 is 9.18 Å². The molecule has 3 rings (SSSR count). The summed E-state index contributed by atoms with van der Waals surface area (Å²) in [5, 5.41) is 2.96. The Kier molecular flexibility index (Phi) is 3.68. The van der Waals surface area contributed by atoms with E-state index in [0.29, 0.717) is 5.56 Å². The third-order valence-corrected chi connectivity index (χ3v) is 4.55. The molecular formula is C16H14BrFN2O. The lowest BCUT2D eigenvalue weighted by molar-refractivity contribution is 0.0935. The van der Waals surface area contributed by atoms with Gasteiger partial charge in [0, 0.05) is 5.69 Å². The summed E-state index contributed by atoms with van der Waals surface area (Å²) in [5.74, 6) is -0.724. The third-order valence-electron chi connectivity index (χ3n) is 3.75. The fourth-order valence-electron chi connectivity index (χ4n) is 2.70. The lowest BCUT2D eigenvalue weighted by atomic mass is 10.1. The highest BCUT2D eigenvalue weighted by Gasteiger charge is 2.25. The number of hydrogen-bond donors (Lipinski definition) is 2. The Morgan fingerprint density at radius 2 is 2.14 bits per heavy atom. The monoisotopic (exact) mass is 348 g/mol. The van der Waals surface area contributed by atoms with Gasteiger partial charge in [-0.2, -0.15) is 0 Å². The number of amides is 1. The van der Waals surface area contributed by atoms with Crippen molar-refractivity contribution in [3.63, 3.8) is 0 Å². The molecule has 2 aromatic rings. The van der Waals surface area contributed by atoms with Crippen LogP contribution >= 0.6 is 15.9 Å². The summed E-state index contributed by atoms with van der Waals surface area (Å²) < 4.78 is 13.7. The van der Waals surface area contributed by atoms with E-state index >= 15 is 0 Å². The average Bonchev–Trinajstić information content (AvgIpc) is 2.84. The number of carbonyl (C=O) groups excluding carboxylic acids is 1. The van der Waals surface area contributed by atoms with Crippen LogP contribution in [0.1, 0.15) is 33.9 Å². The van der Waals surface area contributed by atoms with Gasteiger partial charge in [0.2, 0.25) is 0 Å². The maximum absolute atomic E-state index is 13.5. The minimum atomic E-state index is -0.442. The van der Waals surface area contributed by atoms with Gasteiger partial charge in [-0.25, -0.2) is 4.39 Å². The minimum Gasteiger partial charge on any atom is -0.399 e. The lowest BCUT2D eigenvalue weighted by Gasteiger charge is -2.15. The van der Waals surface area contributed by atoms with Crippen LogP contribution in [0, 0.1) is 5.82 Å². The Morgan fingerprint density at radius 3 is 2.95 bits per heavy atom. The van der Waals surface area contributed by atoms with Gasteiger partial charge in [0.15, 0.2) is 0 Å². The maximum Gasteiger partial charge on any atom is 0.253 e. The molecule has 108 valence electrons. The van der Waals surface area contributed by atoms with Crippen LogP contribution in [0.4, 0.5) is 10.1 Å². The molecule has 0 heterocycles. The zero-order valence-electron chi connectivity index (χ0n) is 11.2. The van der Waals surface area contributed by atoms with Crippen molar-refractivity contribution in [2.45, 2.75) is 18.9 Å². The molecule has 0 radical (unpaired) electrons. The highest BCUT2D eigenvalue weighted by Crippen LogP contribution is 2.33. The quantitative estimate of drug-likeness (QED) is 0.815. The van der Waals surface area contributed by atoms with E-state index in [1.54, 1.807) is 6.07 Å². The van der Waals surface area contributed by atoms with Gasteiger partial charge < -0.3 is 11.1 Å². The van der Waals surface area contributed by atoms with Crippen molar-refractivity contribution in [1.82, 2.24) is 5.32 Å². The molecule has 0 spiro atoms. The van der Waals surface area contributed by atoms with Gasteiger partial charge in [-0.05, 0) is 64.2 Å². The molecule has 1 amide bonds. The van der Waals surface area contributed by atoms with Gasteiger partial charge in [0.1, 0.15) is 5.82 Å². The second kappa shape index (κ2) is 5.48. The van der Waals surface area contributed by atoms with Crippen molar-refractivity contribution in [3.8, 4) is 0 Å². The lowest BCUT2D eigenvalue weighted by Crippen LogP contribution is -2.27. The predicted octanol–water partition coefficient (Wildman–Crippen LogP) is 3.59. The topological polar surface area (TPSA) is 55.1 Å². The maximum atomic E-state index is 13.5. The second-order valence-corrected chi connectivity index (χ2v) is 5.92. The largest absolute Gasteiger partial charge is 0.399 e. The van der Waals surface area contributed by atoms with Crippen molar-refractivity contribution in [2.24, 2.45) is 0 Å². The normalized spacial score (nSPS) is 16.6. The number of halogens is 2. The number of fused-ring (bicyclic) bond motifs is 1. The Labute approximate surface area is 130 Å². The number of nitrogens with one attached hydrogen (secondary N) is 1. The summed E-state index contributed by atoms with van der Waals surface area (Å²) in [6, 6.07) is 10.1. The molecule has 3 N–H and O–H groups in total. The smallest absolute Gasteiger partial charge is 0.253 e. The molecule has 0 bridgehead atoms. The summed E-state index contributed by atoms with van der Waals surface area (Å²) in [7, 11) is 0. The van der Waals surface area contributed by atoms with Crippen LogP contribution in [0.5, 0.6) is 0 Å². The van der Waals surface area contributed by atoms with Crippen LogP contribution in [0.3, 0.4) is 0 Å². The van der Waals surface area contributed by atoms with E-state index < -0.39 is 5.82 Å². The van der Waals surface area contributed by atoms with E-state index in [1.807, 2.05) is 18.2 Å². The molecule has 21 heavy (non-hydrogen) atoms. The molecule has 1 aliphatic carbocycles. The number of nitrogens with two attached hydrogens (primary N) is 1. The molecule has 0 aromatic heterocycles. The first-order valence-electron chi connectivity index (χ1n) is 6.69. The summed E-state index contributed by atoms with van der Waals surface area (Å²) >= 11 is 3.12. The van der Waals surface area contributed by atoms with Gasteiger partial charge in [0.05, 0.1) is 16.1 Å². The molecule has 2 aromatic carbocycles. The summed E-state index contributed by atoms with van der Waals surface area (Å²) in [6.45, 7) is 0. The number of carbonyl (C=O) groups is 1. The molecule has 0 fully saturated rings. The van der Waals surface area contributed by atoms with E-state index in [4.69, 9.17) is 5.73 Å². The van der Waals surface area contributed by atoms with E-state index in [-0.39, 0.29) is 16.4 Å². The van der Waals surface area contributed by atoms with Crippen LogP contribution < -0.4 is 11.1 Å². The van der Waals surface area contributed by atoms with E-state index in [2.05, 4.69) is 21.2 Å². The van der Waals surface area contributed by atoms with Crippen LogP contribution in [0.25, 0.3) is 0 Å². The van der Waals surface area contributed by atoms with Crippen molar-refractivity contribution in [1.29, 1.82) is 0 Å². The molecule has 1 aliphatic rings. The molecule has 1 unspecified atom stereocenters. The average molecular weight is 349 g/mol. The molecule has 0 saturated carbocycles. The summed E-state index contributed by atoms with van der Waals surface area (Å²) in [5.41, 5.74) is 9.06. The molecule has 5 heteroatoms. The van der Waals surface area contributed by atoms with Crippen LogP contribution in [-0.2, 0) is 6.42 Å². The Bertz CT molecular complexity index is 717. The summed E-state index contributed by atoms with van der Waals surface area (Å²) in [6.07, 6.45) is 1.72. The third kappa shape index (κ3) is 2.65. The second-order valence-electron chi connectivity index (χ2n) is 5.12. The molecule has 0 saturated heterocycles. The predicted molar refractivity (Wildman–Crippen MR) is 83.5 cm³/mol. The minimum absolute atomic E-state index is 0.0525. The first kappa shape index (κ1) is 14.1. The number of anilines is 1. The zero-order valence-corrected chi connectivity index (χ0v) is 12.8. The van der Waals surface area contributed by atoms with E-state index in [9.17, 15) is 9.18 Å². The van der Waals surface area contributed by atoms with E-state index in [0.717, 1.165) is 24.1 Å². The zero-order chi connectivity index (χ0) is 15.0. The van der Waals surface area contributed by atoms with Crippen molar-refractivity contribution >= 4 is 27.5 Å². The van der Waals surface area contributed by atoms with Gasteiger partial charge >= 0.3 is 0 Å². The molecule has 1 atom stereocenters. The molecule has 0 aliphatic heterocycles. The van der Waals surface area contributed by atoms with E-state index in [1.165, 1.54) is 17.7 Å². The van der Waals surface area contributed by atoms with Crippen molar-refractivity contribution in [2.75, 3.05) is 5.73 Å². The highest BCUT2D eigenvalue weighted by molar-refractivity contribution is 9.10. The Morgan fingerprint density at radius 1 is 1.33 bits per heavy atom. The van der Waals surface area contributed by atoms with Gasteiger partial charge in [-0.15, -0.1) is 0 Å². The number of hydrogen-bond acceptors (Lipinski definition) is 2. The van der Waals surface area contributed by atoms with Crippen molar-refractivity contribution in [3.05, 3.63) is 63.4 Å². The first-order valence-corrected chi connectivity index (χ1v) is 7.48. The number of aryl methyl sites for hydroxylation is 1. The number of benzene rings is 2. The Hall–Kier alpha value is -1.88. The van der Waals surface area contributed by atoms with Crippen LogP contribution in [0.2, 0.25) is 0 Å². The van der Waals surface area contributed by atoms with Crippen LogP contribution in [-0.4, -0.2) is 5.91 Å². The molecule has 3 nitrogen and oxygen atoms in total. The standard InChI is InChI=1S/C16H14BrFN2O/c17-15-12(2-1-3-13(15)18)16(21)20-14-7-4-9-8-10(19)5-6-11(9)14/h1-3,5-6,8,14H,4,7,19H2,(H,20,21). The summed E-state index contributed by atoms with van der Waals surface area (Å²) in [4.78, 5) is 12.3. The Balaban J connectivity index is 1.83. The fraction of sp³-hybridized carbons (Fsp3) is 0.188. The first-order chi connectivity index (χ1) is 10.1. The van der Waals surface area contributed by atoms with Gasteiger partial charge in [-0.3, -0.25) is 4.79 Å². The molecular weight excluding hydrogens is 335 g/mol. The van der Waals surface area contributed by atoms with Gasteiger partial charge in [-0.1, -0.05) is 12.1 Å². The SMILES string of the molecule is Nc1ccc2c(c1)CCC2NC(=O)c1cccc(F)c1Br. The highest BCUT2D eigenvalue weighted by atomic mass is 79.9. The number of nitrogen functional groups attached to an aromatic ring is 1. The van der Waals surface area contributed by atoms with Gasteiger partial charge in [0.25, 0.3) is 5.91 Å². The fourth-order valence-corrected chi connectivity index (χ4v) is 3.15.